The Bertz CT molecular complexity index is 1190. The van der Waals surface area contributed by atoms with Gasteiger partial charge < -0.3 is 4.74 Å². The number of amides is 3. The lowest BCUT2D eigenvalue weighted by Gasteiger charge is -2.35. The van der Waals surface area contributed by atoms with Crippen LogP contribution in [-0.2, 0) is 4.79 Å². The summed E-state index contributed by atoms with van der Waals surface area (Å²) in [6.45, 7) is 0.207. The molecule has 2 aliphatic rings. The summed E-state index contributed by atoms with van der Waals surface area (Å²) in [5, 5.41) is 9.24. The molecule has 4 heterocycles. The number of aromatic nitrogens is 4. The summed E-state index contributed by atoms with van der Waals surface area (Å²) in [5.74, 6) is -1.87. The van der Waals surface area contributed by atoms with Crippen LogP contribution >= 0.6 is 0 Å². The molecular weight excluding hydrogens is 446 g/mol. The molecule has 2 fully saturated rings. The van der Waals surface area contributed by atoms with Crippen LogP contribution in [0.4, 0.5) is 19.4 Å². The second-order valence-corrected chi connectivity index (χ2v) is 8.62. The number of anilines is 1. The Balaban J connectivity index is 1.20. The van der Waals surface area contributed by atoms with Gasteiger partial charge in [-0.1, -0.05) is 0 Å². The van der Waals surface area contributed by atoms with E-state index in [9.17, 15) is 18.4 Å². The number of hydrogen-bond donors (Lipinski definition) is 2. The number of likely N-dealkylation sites (tertiary alicyclic amines) is 1. The normalized spacial score (nSPS) is 18.8. The SMILES string of the molecule is O=C(Nc1ccc(Oc2ccnc(-c3cn[nH]c3)c2)cn1)N1CCC2(CCC(F)(F)CC2)C1=O. The number of alkyl halides is 2. The van der Waals surface area contributed by atoms with E-state index in [2.05, 4.69) is 25.5 Å². The molecule has 5 rings (SSSR count). The molecule has 0 unspecified atom stereocenters. The number of carbonyl (C=O) groups is 2. The number of rotatable bonds is 4. The number of aromatic amines is 1. The molecule has 1 aliphatic carbocycles. The van der Waals surface area contributed by atoms with E-state index in [1.165, 1.54) is 6.20 Å². The summed E-state index contributed by atoms with van der Waals surface area (Å²) >= 11 is 0. The number of nitrogens with zero attached hydrogens (tertiary/aromatic N) is 4. The van der Waals surface area contributed by atoms with E-state index < -0.39 is 17.4 Å². The lowest BCUT2D eigenvalue weighted by Crippen LogP contribution is -2.43. The van der Waals surface area contributed by atoms with Crippen molar-refractivity contribution < 1.29 is 23.1 Å². The van der Waals surface area contributed by atoms with Gasteiger partial charge >= 0.3 is 6.03 Å². The summed E-state index contributed by atoms with van der Waals surface area (Å²) in [6.07, 6.45) is 6.41. The molecule has 0 radical (unpaired) electrons. The summed E-state index contributed by atoms with van der Waals surface area (Å²) in [4.78, 5) is 35.1. The Morgan fingerprint density at radius 2 is 1.88 bits per heavy atom. The Morgan fingerprint density at radius 3 is 2.59 bits per heavy atom. The van der Waals surface area contributed by atoms with Crippen molar-refractivity contribution in [3.63, 3.8) is 0 Å². The molecule has 0 atom stereocenters. The van der Waals surface area contributed by atoms with Crippen LogP contribution in [0.25, 0.3) is 11.3 Å². The van der Waals surface area contributed by atoms with E-state index >= 15 is 0 Å². The minimum absolute atomic E-state index is 0.101. The number of urea groups is 1. The molecule has 176 valence electrons. The molecule has 2 N–H and O–H groups in total. The van der Waals surface area contributed by atoms with Gasteiger partial charge in [-0.15, -0.1) is 0 Å². The largest absolute Gasteiger partial charge is 0.456 e. The van der Waals surface area contributed by atoms with Gasteiger partial charge in [0, 0.05) is 43.4 Å². The second-order valence-electron chi connectivity index (χ2n) is 8.62. The minimum atomic E-state index is -2.73. The summed E-state index contributed by atoms with van der Waals surface area (Å²) in [6, 6.07) is 6.05. The number of ether oxygens (including phenoxy) is 1. The maximum Gasteiger partial charge on any atom is 0.329 e. The molecule has 3 aromatic heterocycles. The van der Waals surface area contributed by atoms with Crippen molar-refractivity contribution in [2.45, 2.75) is 38.0 Å². The lowest BCUT2D eigenvalue weighted by molar-refractivity contribution is -0.140. The summed E-state index contributed by atoms with van der Waals surface area (Å²) in [5.41, 5.74) is 0.656. The zero-order valence-electron chi connectivity index (χ0n) is 18.1. The molecule has 0 bridgehead atoms. The number of imide groups is 1. The average Bonchev–Trinajstić information content (AvgIpc) is 3.47. The smallest absolute Gasteiger partial charge is 0.329 e. The van der Waals surface area contributed by atoms with Gasteiger partial charge in [0.05, 0.1) is 23.5 Å². The Kier molecular flexibility index (Phi) is 5.46. The topological polar surface area (TPSA) is 113 Å². The fourth-order valence-corrected chi connectivity index (χ4v) is 4.42. The van der Waals surface area contributed by atoms with Crippen molar-refractivity contribution in [1.82, 2.24) is 25.1 Å². The average molecular weight is 468 g/mol. The van der Waals surface area contributed by atoms with Crippen LogP contribution in [0.5, 0.6) is 11.5 Å². The molecule has 34 heavy (non-hydrogen) atoms. The van der Waals surface area contributed by atoms with Gasteiger partial charge in [0.15, 0.2) is 0 Å². The van der Waals surface area contributed by atoms with Gasteiger partial charge in [0.1, 0.15) is 17.3 Å². The van der Waals surface area contributed by atoms with Crippen molar-refractivity contribution in [2.24, 2.45) is 5.41 Å². The number of halogens is 2. The van der Waals surface area contributed by atoms with Crippen LogP contribution in [0.3, 0.4) is 0 Å². The van der Waals surface area contributed by atoms with Gasteiger partial charge in [0.2, 0.25) is 11.8 Å². The zero-order valence-corrected chi connectivity index (χ0v) is 18.1. The molecule has 3 aromatic rings. The predicted molar refractivity (Wildman–Crippen MR) is 117 cm³/mol. The second kappa shape index (κ2) is 8.47. The number of hydrogen-bond acceptors (Lipinski definition) is 6. The molecular formula is C23H22F2N6O3. The van der Waals surface area contributed by atoms with Crippen molar-refractivity contribution in [3.05, 3.63) is 49.1 Å². The quantitative estimate of drug-likeness (QED) is 0.578. The van der Waals surface area contributed by atoms with Gasteiger partial charge in [-0.25, -0.2) is 18.6 Å². The van der Waals surface area contributed by atoms with Crippen LogP contribution in [0.15, 0.2) is 49.1 Å². The third-order valence-corrected chi connectivity index (χ3v) is 6.43. The zero-order chi connectivity index (χ0) is 23.8. The summed E-state index contributed by atoms with van der Waals surface area (Å²) < 4.78 is 32.9. The highest BCUT2D eigenvalue weighted by molar-refractivity contribution is 6.04. The Labute approximate surface area is 193 Å². The van der Waals surface area contributed by atoms with E-state index in [1.54, 1.807) is 42.9 Å². The first kappa shape index (κ1) is 21.9. The molecule has 9 nitrogen and oxygen atoms in total. The standard InChI is InChI=1S/C23H22F2N6O3/c24-23(25)6-4-22(5-7-23)8-10-31(20(22)32)21(33)30-19-2-1-17(14-27-19)34-16-3-9-26-18(11-16)15-12-28-29-13-15/h1-3,9,11-14H,4-8,10H2,(H,28,29)(H,27,30,33). The highest BCUT2D eigenvalue weighted by Crippen LogP contribution is 2.49. The maximum atomic E-state index is 13.5. The number of nitrogens with one attached hydrogen (secondary N) is 2. The van der Waals surface area contributed by atoms with Crippen LogP contribution < -0.4 is 10.1 Å². The molecule has 3 amide bonds. The molecule has 1 aliphatic heterocycles. The van der Waals surface area contributed by atoms with Crippen LogP contribution in [-0.4, -0.2) is 49.5 Å². The first-order valence-corrected chi connectivity index (χ1v) is 10.9. The number of pyridine rings is 2. The first-order chi connectivity index (χ1) is 16.3. The van der Waals surface area contributed by atoms with Gasteiger partial charge in [-0.05, 0) is 37.5 Å². The van der Waals surface area contributed by atoms with Crippen molar-refractivity contribution >= 4 is 17.8 Å². The van der Waals surface area contributed by atoms with Crippen LogP contribution in [0.2, 0.25) is 0 Å². The summed E-state index contributed by atoms with van der Waals surface area (Å²) in [7, 11) is 0. The van der Waals surface area contributed by atoms with Crippen molar-refractivity contribution in [2.75, 3.05) is 11.9 Å². The highest BCUT2D eigenvalue weighted by atomic mass is 19.3. The van der Waals surface area contributed by atoms with Crippen molar-refractivity contribution in [3.8, 4) is 22.8 Å². The monoisotopic (exact) mass is 468 g/mol. The number of H-pyrrole nitrogens is 1. The van der Waals surface area contributed by atoms with E-state index in [0.717, 1.165) is 10.5 Å². The maximum absolute atomic E-state index is 13.5. The van der Waals surface area contributed by atoms with Gasteiger partial charge in [-0.3, -0.25) is 25.1 Å². The minimum Gasteiger partial charge on any atom is -0.456 e. The van der Waals surface area contributed by atoms with Crippen molar-refractivity contribution in [1.29, 1.82) is 0 Å². The molecule has 11 heteroatoms. The molecule has 1 saturated carbocycles. The van der Waals surface area contributed by atoms with E-state index in [4.69, 9.17) is 4.74 Å². The van der Waals surface area contributed by atoms with E-state index in [1.807, 2.05) is 0 Å². The van der Waals surface area contributed by atoms with E-state index in [0.29, 0.717) is 23.6 Å². The molecule has 1 saturated heterocycles. The van der Waals surface area contributed by atoms with Crippen LogP contribution in [0, 0.1) is 5.41 Å². The third kappa shape index (κ3) is 4.33. The number of carbonyl (C=O) groups excluding carboxylic acids is 2. The van der Waals surface area contributed by atoms with Gasteiger partial charge in [-0.2, -0.15) is 5.10 Å². The molecule has 1 spiro atoms. The first-order valence-electron chi connectivity index (χ1n) is 10.9. The lowest BCUT2D eigenvalue weighted by atomic mass is 9.72. The fourth-order valence-electron chi connectivity index (χ4n) is 4.42. The van der Waals surface area contributed by atoms with Gasteiger partial charge in [0.25, 0.3) is 0 Å². The highest BCUT2D eigenvalue weighted by Gasteiger charge is 2.53. The fraction of sp³-hybridized carbons (Fsp3) is 0.348. The van der Waals surface area contributed by atoms with Crippen LogP contribution in [0.1, 0.15) is 32.1 Å². The Hall–Kier alpha value is -3.89. The predicted octanol–water partition coefficient (Wildman–Crippen LogP) is 4.62. The third-order valence-electron chi connectivity index (χ3n) is 6.43. The Morgan fingerprint density at radius 1 is 1.06 bits per heavy atom. The van der Waals surface area contributed by atoms with E-state index in [-0.39, 0.29) is 44.0 Å². The molecule has 0 aromatic carbocycles.